The Bertz CT molecular complexity index is 1160. The zero-order valence-corrected chi connectivity index (χ0v) is 16.9. The molecule has 1 heterocycles. The number of hydrogen-bond donors (Lipinski definition) is 3. The molecule has 166 valence electrons. The average Bonchev–Trinajstić information content (AvgIpc) is 2.75. The number of methoxy groups -OCH3 is 1. The third kappa shape index (κ3) is 5.12. The van der Waals surface area contributed by atoms with Crippen LogP contribution in [0.3, 0.4) is 0 Å². The van der Waals surface area contributed by atoms with E-state index in [-0.39, 0.29) is 22.8 Å². The molecule has 0 aliphatic rings. The van der Waals surface area contributed by atoms with Gasteiger partial charge in [-0.3, -0.25) is 9.59 Å². The fraction of sp³-hybridized carbons (Fsp3) is 0.143. The van der Waals surface area contributed by atoms with Crippen LogP contribution in [0.1, 0.15) is 31.8 Å². The zero-order valence-electron chi connectivity index (χ0n) is 16.9. The summed E-state index contributed by atoms with van der Waals surface area (Å²) in [4.78, 5) is 32.7. The van der Waals surface area contributed by atoms with Gasteiger partial charge in [-0.2, -0.15) is 13.2 Å². The number of aromatic nitrogens is 2. The number of nitrogens with two attached hydrogens (primary N) is 1. The second-order valence-corrected chi connectivity index (χ2v) is 6.68. The van der Waals surface area contributed by atoms with Crippen molar-refractivity contribution in [2.75, 3.05) is 23.5 Å². The molecule has 3 rings (SSSR count). The minimum absolute atomic E-state index is 0.0519. The summed E-state index contributed by atoms with van der Waals surface area (Å²) in [5.74, 6) is -1.61. The summed E-state index contributed by atoms with van der Waals surface area (Å²) in [5.41, 5.74) is 5.52. The van der Waals surface area contributed by atoms with Gasteiger partial charge in [0.2, 0.25) is 5.95 Å². The summed E-state index contributed by atoms with van der Waals surface area (Å²) in [6.45, 7) is 1.69. The molecule has 0 aliphatic carbocycles. The summed E-state index contributed by atoms with van der Waals surface area (Å²) in [6.07, 6.45) is -2.02. The van der Waals surface area contributed by atoms with E-state index in [9.17, 15) is 22.8 Å². The van der Waals surface area contributed by atoms with E-state index in [0.717, 1.165) is 13.2 Å². The Balaban J connectivity index is 1.82. The molecule has 3 aromatic rings. The fourth-order valence-electron chi connectivity index (χ4n) is 2.82. The molecule has 11 heteroatoms. The first-order chi connectivity index (χ1) is 15.1. The van der Waals surface area contributed by atoms with Gasteiger partial charge in [0.25, 0.3) is 11.8 Å². The van der Waals surface area contributed by atoms with Crippen LogP contribution in [0.4, 0.5) is 30.5 Å². The van der Waals surface area contributed by atoms with Crippen LogP contribution in [0.15, 0.2) is 48.8 Å². The van der Waals surface area contributed by atoms with Crippen LogP contribution in [0.25, 0.3) is 0 Å². The largest absolute Gasteiger partial charge is 0.496 e. The number of nitrogen functional groups attached to an aromatic ring is 1. The maximum absolute atomic E-state index is 13.2. The average molecular weight is 445 g/mol. The van der Waals surface area contributed by atoms with Crippen LogP contribution in [-0.4, -0.2) is 28.9 Å². The van der Waals surface area contributed by atoms with E-state index in [4.69, 9.17) is 10.5 Å². The molecule has 2 amide bonds. The number of amides is 2. The van der Waals surface area contributed by atoms with Gasteiger partial charge in [0.1, 0.15) is 5.75 Å². The molecule has 0 saturated heterocycles. The van der Waals surface area contributed by atoms with E-state index in [2.05, 4.69) is 20.6 Å². The van der Waals surface area contributed by atoms with Crippen molar-refractivity contribution in [1.82, 2.24) is 9.97 Å². The van der Waals surface area contributed by atoms with Gasteiger partial charge in [0.15, 0.2) is 0 Å². The second-order valence-electron chi connectivity index (χ2n) is 6.68. The lowest BCUT2D eigenvalue weighted by molar-refractivity contribution is -0.138. The molecule has 4 N–H and O–H groups in total. The lowest BCUT2D eigenvalue weighted by Gasteiger charge is -2.14. The first-order valence-corrected chi connectivity index (χ1v) is 9.14. The molecule has 0 spiro atoms. The molecule has 1 aromatic heterocycles. The Morgan fingerprint density at radius 2 is 1.62 bits per heavy atom. The number of hydrogen-bond acceptors (Lipinski definition) is 6. The smallest absolute Gasteiger partial charge is 0.419 e. The fourth-order valence-corrected chi connectivity index (χ4v) is 2.82. The Hall–Kier alpha value is -4.15. The molecule has 0 atom stereocenters. The number of benzene rings is 2. The van der Waals surface area contributed by atoms with Gasteiger partial charge in [-0.15, -0.1) is 0 Å². The van der Waals surface area contributed by atoms with Crippen LogP contribution in [0, 0.1) is 6.92 Å². The number of nitrogens with zero attached hydrogens (tertiary/aromatic N) is 2. The lowest BCUT2D eigenvalue weighted by atomic mass is 10.1. The Kier molecular flexibility index (Phi) is 6.28. The van der Waals surface area contributed by atoms with Crippen molar-refractivity contribution in [2.24, 2.45) is 0 Å². The number of halogens is 3. The van der Waals surface area contributed by atoms with E-state index in [1.165, 1.54) is 30.6 Å². The Labute approximate surface area is 180 Å². The van der Waals surface area contributed by atoms with Crippen LogP contribution < -0.4 is 21.1 Å². The minimum atomic E-state index is -4.69. The third-order valence-electron chi connectivity index (χ3n) is 4.44. The summed E-state index contributed by atoms with van der Waals surface area (Å²) in [7, 11) is 1.11. The first kappa shape index (κ1) is 22.5. The van der Waals surface area contributed by atoms with Gasteiger partial charge in [-0.25, -0.2) is 9.97 Å². The molecule has 0 saturated carbocycles. The second kappa shape index (κ2) is 8.92. The molecule has 0 aliphatic heterocycles. The number of anilines is 3. The summed E-state index contributed by atoms with van der Waals surface area (Å²) < 4.78 is 44.4. The van der Waals surface area contributed by atoms with Crippen molar-refractivity contribution in [3.05, 3.63) is 71.0 Å². The molecule has 2 aromatic carbocycles. The Morgan fingerprint density at radius 3 is 2.25 bits per heavy atom. The highest BCUT2D eigenvalue weighted by Crippen LogP contribution is 2.36. The molecule has 0 radical (unpaired) electrons. The lowest BCUT2D eigenvalue weighted by Crippen LogP contribution is -2.17. The first-order valence-electron chi connectivity index (χ1n) is 9.14. The third-order valence-corrected chi connectivity index (χ3v) is 4.44. The Morgan fingerprint density at radius 1 is 0.969 bits per heavy atom. The molecule has 0 fully saturated rings. The molecule has 0 bridgehead atoms. The highest BCUT2D eigenvalue weighted by atomic mass is 19.4. The van der Waals surface area contributed by atoms with Crippen molar-refractivity contribution in [3.63, 3.8) is 0 Å². The molecular formula is C21H18F3N5O3. The van der Waals surface area contributed by atoms with Crippen molar-refractivity contribution in [2.45, 2.75) is 13.1 Å². The van der Waals surface area contributed by atoms with Crippen LogP contribution in [0.5, 0.6) is 5.75 Å². The van der Waals surface area contributed by atoms with Gasteiger partial charge >= 0.3 is 6.18 Å². The quantitative estimate of drug-likeness (QED) is 0.548. The number of alkyl halides is 3. The standard InChI is InChI=1S/C21H18F3N5O3/c1-11-3-5-13(8-15(11)19(31)29-14-9-26-20(25)27-10-14)28-18(30)12-4-6-17(32-2)16(7-12)21(22,23)24/h3-10H,1-2H3,(H,28,30)(H,29,31)(H2,25,26,27). The maximum atomic E-state index is 13.2. The minimum Gasteiger partial charge on any atom is -0.496 e. The maximum Gasteiger partial charge on any atom is 0.419 e. The number of carbonyl (C=O) groups is 2. The van der Waals surface area contributed by atoms with Crippen molar-refractivity contribution < 1.29 is 27.5 Å². The van der Waals surface area contributed by atoms with Gasteiger partial charge in [0, 0.05) is 16.8 Å². The number of rotatable bonds is 5. The number of ether oxygens (including phenoxy) is 1. The van der Waals surface area contributed by atoms with E-state index in [0.29, 0.717) is 17.3 Å². The van der Waals surface area contributed by atoms with E-state index in [1.54, 1.807) is 13.0 Å². The molecular weight excluding hydrogens is 427 g/mol. The highest BCUT2D eigenvalue weighted by Gasteiger charge is 2.35. The van der Waals surface area contributed by atoms with Gasteiger partial charge in [-0.1, -0.05) is 6.07 Å². The van der Waals surface area contributed by atoms with Crippen LogP contribution >= 0.6 is 0 Å². The van der Waals surface area contributed by atoms with Gasteiger partial charge < -0.3 is 21.1 Å². The SMILES string of the molecule is COc1ccc(C(=O)Nc2ccc(C)c(C(=O)Nc3cnc(N)nc3)c2)cc1C(F)(F)F. The van der Waals surface area contributed by atoms with Crippen molar-refractivity contribution in [1.29, 1.82) is 0 Å². The van der Waals surface area contributed by atoms with Crippen LogP contribution in [0.2, 0.25) is 0 Å². The summed E-state index contributed by atoms with van der Waals surface area (Å²) >= 11 is 0. The number of carbonyl (C=O) groups excluding carboxylic acids is 2. The topological polar surface area (TPSA) is 119 Å². The summed E-state index contributed by atoms with van der Waals surface area (Å²) in [5, 5.41) is 5.10. The van der Waals surface area contributed by atoms with Gasteiger partial charge in [-0.05, 0) is 42.8 Å². The van der Waals surface area contributed by atoms with Crippen molar-refractivity contribution in [3.8, 4) is 5.75 Å². The molecule has 32 heavy (non-hydrogen) atoms. The number of aryl methyl sites for hydroxylation is 1. The van der Waals surface area contributed by atoms with E-state index >= 15 is 0 Å². The van der Waals surface area contributed by atoms with E-state index in [1.807, 2.05) is 0 Å². The predicted octanol–water partition coefficient (Wildman–Crippen LogP) is 3.90. The molecule has 0 unspecified atom stereocenters. The summed E-state index contributed by atoms with van der Waals surface area (Å²) in [6, 6.07) is 7.53. The van der Waals surface area contributed by atoms with Gasteiger partial charge in [0.05, 0.1) is 30.8 Å². The normalized spacial score (nSPS) is 11.0. The van der Waals surface area contributed by atoms with Crippen molar-refractivity contribution >= 4 is 29.1 Å². The van der Waals surface area contributed by atoms with Crippen LogP contribution in [-0.2, 0) is 6.18 Å². The zero-order chi connectivity index (χ0) is 23.5. The predicted molar refractivity (Wildman–Crippen MR) is 112 cm³/mol. The van der Waals surface area contributed by atoms with E-state index < -0.39 is 29.3 Å². The highest BCUT2D eigenvalue weighted by molar-refractivity contribution is 6.08. The monoisotopic (exact) mass is 445 g/mol. The molecule has 8 nitrogen and oxygen atoms in total. The number of nitrogens with one attached hydrogen (secondary N) is 2.